The number of aliphatic carboxylic acids is 1. The van der Waals surface area contributed by atoms with Crippen LogP contribution in [0.5, 0.6) is 0 Å². The topological polar surface area (TPSA) is 273 Å². The van der Waals surface area contributed by atoms with E-state index in [1.165, 1.54) is 13.0 Å². The summed E-state index contributed by atoms with van der Waals surface area (Å²) in [5.41, 5.74) is 11.2. The molecule has 1 atom stereocenters. The predicted molar refractivity (Wildman–Crippen MR) is 199 cm³/mol. The van der Waals surface area contributed by atoms with Crippen LogP contribution in [0.1, 0.15) is 98.0 Å². The molecule has 17 nitrogen and oxygen atoms in total. The van der Waals surface area contributed by atoms with E-state index >= 15 is 0 Å². The maximum atomic E-state index is 12.2. The third-order valence-electron chi connectivity index (χ3n) is 5.76. The zero-order valence-electron chi connectivity index (χ0n) is 32.1. The van der Waals surface area contributed by atoms with Crippen LogP contribution in [-0.2, 0) is 35.3 Å². The minimum atomic E-state index is -0.745. The third kappa shape index (κ3) is 36.3. The number of nitrogens with two attached hydrogens (primary N) is 2. The SMILES string of the molecule is CC.CC(=O)OCc1ccc(NC(=O)CNC=O)cc1C(=O)NCCN.CC(C)NCC(=O)NC(C)C(C)C.CCC(=O)O.CCCNC(N)=O. The molecule has 0 aromatic heterocycles. The quantitative estimate of drug-likeness (QED) is 0.0825. The van der Waals surface area contributed by atoms with Crippen LogP contribution >= 0.6 is 0 Å². The largest absolute Gasteiger partial charge is 0.481 e. The predicted octanol–water partition coefficient (Wildman–Crippen LogP) is 1.84. The second-order valence-electron chi connectivity index (χ2n) is 10.9. The van der Waals surface area contributed by atoms with Crippen LogP contribution < -0.4 is 43.4 Å². The van der Waals surface area contributed by atoms with E-state index in [4.69, 9.17) is 21.3 Å². The van der Waals surface area contributed by atoms with Gasteiger partial charge >= 0.3 is 18.0 Å². The fourth-order valence-corrected chi connectivity index (χ4v) is 2.81. The first-order valence-electron chi connectivity index (χ1n) is 16.9. The highest BCUT2D eigenvalue weighted by Crippen LogP contribution is 2.17. The monoisotopic (exact) mass is 728 g/mol. The van der Waals surface area contributed by atoms with Crippen LogP contribution in [0.4, 0.5) is 10.5 Å². The van der Waals surface area contributed by atoms with Crippen molar-refractivity contribution in [3.8, 4) is 0 Å². The number of carbonyl (C=O) groups excluding carboxylic acids is 6. The van der Waals surface area contributed by atoms with Gasteiger partial charge in [0.1, 0.15) is 6.61 Å². The number of rotatable bonds is 17. The number of benzene rings is 1. The number of carboxylic acid groups (broad SMARTS) is 1. The Morgan fingerprint density at radius 2 is 1.51 bits per heavy atom. The molecular weight excluding hydrogens is 664 g/mol. The average molecular weight is 729 g/mol. The summed E-state index contributed by atoms with van der Waals surface area (Å²) in [5.74, 6) is -1.49. The van der Waals surface area contributed by atoms with Gasteiger partial charge in [0.05, 0.1) is 13.1 Å². The molecule has 11 N–H and O–H groups in total. The summed E-state index contributed by atoms with van der Waals surface area (Å²) in [6.45, 7) is 20.5. The summed E-state index contributed by atoms with van der Waals surface area (Å²) >= 11 is 0. The summed E-state index contributed by atoms with van der Waals surface area (Å²) in [5, 5.41) is 23.6. The lowest BCUT2D eigenvalue weighted by atomic mass is 10.1. The third-order valence-corrected chi connectivity index (χ3v) is 5.76. The molecule has 0 spiro atoms. The Hall–Kier alpha value is -4.77. The lowest BCUT2D eigenvalue weighted by molar-refractivity contribution is -0.142. The van der Waals surface area contributed by atoms with Gasteiger partial charge in [-0.15, -0.1) is 0 Å². The van der Waals surface area contributed by atoms with Gasteiger partial charge in [0, 0.05) is 61.9 Å². The number of hydrogen-bond acceptors (Lipinski definition) is 10. The Labute approximate surface area is 303 Å². The van der Waals surface area contributed by atoms with Crippen molar-refractivity contribution in [2.75, 3.05) is 38.0 Å². The first-order chi connectivity index (χ1) is 23.9. The van der Waals surface area contributed by atoms with E-state index in [1.54, 1.807) is 19.1 Å². The Morgan fingerprint density at radius 1 is 0.922 bits per heavy atom. The molecule has 1 rings (SSSR count). The standard InChI is InChI=1S/C15H20N4O5.C10H22N2O.C4H10N2O.C3H6O2.C2H6/c1-10(21)24-8-11-2-3-12(19-14(22)7-17-9-20)6-13(11)15(23)18-5-4-16;1-7(2)9(5)12-10(13)6-11-8(3)4;1-2-3-6-4(5)7;1-2-3(4)5;1-2/h2-3,6,9H,4-5,7-8,16H2,1H3,(H,17,20)(H,18,23)(H,19,22);7-9,11H,6H2,1-5H3,(H,12,13);2-3H2,1H3,(H3,5,6,7);2H2,1H3,(H,4,5);1-2H3. The number of nitrogens with one attached hydrogen (secondary N) is 6. The molecule has 0 aliphatic heterocycles. The highest BCUT2D eigenvalue weighted by molar-refractivity contribution is 5.99. The van der Waals surface area contributed by atoms with E-state index in [0.29, 0.717) is 42.7 Å². The van der Waals surface area contributed by atoms with Gasteiger partial charge in [-0.05, 0) is 31.4 Å². The number of carboxylic acids is 1. The molecule has 1 aromatic carbocycles. The number of urea groups is 1. The highest BCUT2D eigenvalue weighted by atomic mass is 16.5. The van der Waals surface area contributed by atoms with Crippen molar-refractivity contribution in [1.82, 2.24) is 26.6 Å². The molecule has 0 aliphatic rings. The van der Waals surface area contributed by atoms with E-state index in [2.05, 4.69) is 45.7 Å². The van der Waals surface area contributed by atoms with E-state index < -0.39 is 29.8 Å². The van der Waals surface area contributed by atoms with Crippen LogP contribution in [-0.4, -0.2) is 92.0 Å². The van der Waals surface area contributed by atoms with Crippen LogP contribution in [0.3, 0.4) is 0 Å². The maximum Gasteiger partial charge on any atom is 0.312 e. The second kappa shape index (κ2) is 35.1. The van der Waals surface area contributed by atoms with E-state index in [1.807, 2.05) is 41.5 Å². The van der Waals surface area contributed by atoms with Gasteiger partial charge in [-0.25, -0.2) is 4.79 Å². The maximum absolute atomic E-state index is 12.2. The van der Waals surface area contributed by atoms with Gasteiger partial charge in [0.2, 0.25) is 18.2 Å². The summed E-state index contributed by atoms with van der Waals surface area (Å²) < 4.78 is 4.92. The van der Waals surface area contributed by atoms with Gasteiger partial charge in [0.15, 0.2) is 0 Å². The first-order valence-corrected chi connectivity index (χ1v) is 16.9. The Morgan fingerprint density at radius 3 is 1.92 bits per heavy atom. The minimum Gasteiger partial charge on any atom is -0.481 e. The zero-order chi connectivity index (χ0) is 40.4. The molecule has 0 radical (unpaired) electrons. The van der Waals surface area contributed by atoms with Crippen molar-refractivity contribution >= 4 is 47.8 Å². The first kappa shape index (κ1) is 53.0. The Kier molecular flexibility index (Phi) is 36.5. The molecule has 51 heavy (non-hydrogen) atoms. The normalized spacial score (nSPS) is 9.98. The van der Waals surface area contributed by atoms with Crippen LogP contribution in [0.25, 0.3) is 0 Å². The highest BCUT2D eigenvalue weighted by Gasteiger charge is 2.14. The molecule has 1 aromatic rings. The van der Waals surface area contributed by atoms with Crippen molar-refractivity contribution in [3.05, 3.63) is 29.3 Å². The summed E-state index contributed by atoms with van der Waals surface area (Å²) in [6.07, 6.45) is 1.57. The molecule has 17 heteroatoms. The van der Waals surface area contributed by atoms with Crippen LogP contribution in [0.15, 0.2) is 18.2 Å². The zero-order valence-corrected chi connectivity index (χ0v) is 32.1. The Balaban J connectivity index is -0.000000340. The summed E-state index contributed by atoms with van der Waals surface area (Å²) in [6, 6.07) is 4.77. The van der Waals surface area contributed by atoms with E-state index in [-0.39, 0.29) is 50.2 Å². The summed E-state index contributed by atoms with van der Waals surface area (Å²) in [7, 11) is 0. The molecular formula is C34H64N8O9. The van der Waals surface area contributed by atoms with Crippen LogP contribution in [0.2, 0.25) is 0 Å². The van der Waals surface area contributed by atoms with Crippen molar-refractivity contribution < 1.29 is 43.4 Å². The fraction of sp³-hybridized carbons (Fsp3) is 0.618. The molecule has 0 saturated heterocycles. The second-order valence-corrected chi connectivity index (χ2v) is 10.9. The lowest BCUT2D eigenvalue weighted by Gasteiger charge is -2.18. The molecule has 0 aliphatic carbocycles. The van der Waals surface area contributed by atoms with Crippen molar-refractivity contribution in [1.29, 1.82) is 0 Å². The van der Waals surface area contributed by atoms with Gasteiger partial charge in [-0.3, -0.25) is 28.8 Å². The molecule has 1 unspecified atom stereocenters. The average Bonchev–Trinajstić information content (AvgIpc) is 3.08. The number of ether oxygens (including phenoxy) is 1. The van der Waals surface area contributed by atoms with Gasteiger partial charge in [-0.1, -0.05) is 61.5 Å². The van der Waals surface area contributed by atoms with Gasteiger partial charge < -0.3 is 53.2 Å². The van der Waals surface area contributed by atoms with Crippen molar-refractivity contribution in [3.63, 3.8) is 0 Å². The number of amides is 6. The number of esters is 1. The van der Waals surface area contributed by atoms with Gasteiger partial charge in [0.25, 0.3) is 5.91 Å². The Bertz CT molecular complexity index is 1150. The van der Waals surface area contributed by atoms with Crippen molar-refractivity contribution in [2.24, 2.45) is 17.4 Å². The number of primary amides is 1. The molecule has 0 fully saturated rings. The molecule has 0 heterocycles. The molecule has 0 saturated carbocycles. The fourth-order valence-electron chi connectivity index (χ4n) is 2.81. The van der Waals surface area contributed by atoms with Crippen molar-refractivity contribution in [2.45, 2.75) is 101 Å². The smallest absolute Gasteiger partial charge is 0.312 e. The molecule has 294 valence electrons. The number of carbonyl (C=O) groups is 7. The molecule has 0 bridgehead atoms. The molecule has 6 amide bonds. The summed E-state index contributed by atoms with van der Waals surface area (Å²) in [4.78, 5) is 75.5. The minimum absolute atomic E-state index is 0.0678. The van der Waals surface area contributed by atoms with Crippen LogP contribution in [0, 0.1) is 5.92 Å². The number of anilines is 1. The van der Waals surface area contributed by atoms with E-state index in [0.717, 1.165) is 6.42 Å². The lowest BCUT2D eigenvalue weighted by Crippen LogP contribution is -2.42. The number of hydrogen-bond donors (Lipinski definition) is 9. The van der Waals surface area contributed by atoms with E-state index in [9.17, 15) is 33.6 Å². The van der Waals surface area contributed by atoms with Gasteiger partial charge in [-0.2, -0.15) is 0 Å².